The van der Waals surface area contributed by atoms with Gasteiger partial charge in [0.05, 0.1) is 6.54 Å². The van der Waals surface area contributed by atoms with Crippen molar-refractivity contribution in [3.63, 3.8) is 0 Å². The second kappa shape index (κ2) is 5.35. The van der Waals surface area contributed by atoms with Crippen LogP contribution < -0.4 is 11.3 Å². The number of hydrogen-bond acceptors (Lipinski definition) is 5. The largest absolute Gasteiger partial charge is 0.368 e. The van der Waals surface area contributed by atoms with Gasteiger partial charge in [-0.25, -0.2) is 14.1 Å². The standard InChI is InChI=1S/C13H11FN6O2/c14-9-3-1-8(2-4-9)5-20-12-11(17-18-20)13(22)19(7-16-12)6-10(15)21/h1-4,7H,5-6H2,(H2,15,21). The van der Waals surface area contributed by atoms with E-state index in [0.29, 0.717) is 6.54 Å². The Morgan fingerprint density at radius 3 is 2.68 bits per heavy atom. The number of carbonyl (C=O) groups is 1. The van der Waals surface area contributed by atoms with Crippen LogP contribution in [0.1, 0.15) is 5.56 Å². The van der Waals surface area contributed by atoms with Gasteiger partial charge in [-0.15, -0.1) is 5.10 Å². The molecule has 2 heterocycles. The summed E-state index contributed by atoms with van der Waals surface area (Å²) in [5, 5.41) is 7.67. The molecule has 0 aliphatic carbocycles. The molecule has 2 aromatic heterocycles. The maximum atomic E-state index is 12.9. The first-order valence-corrected chi connectivity index (χ1v) is 6.36. The quantitative estimate of drug-likeness (QED) is 0.709. The van der Waals surface area contributed by atoms with Gasteiger partial charge in [-0.3, -0.25) is 14.2 Å². The molecule has 0 saturated carbocycles. The Morgan fingerprint density at radius 1 is 1.27 bits per heavy atom. The third-order valence-electron chi connectivity index (χ3n) is 3.06. The molecule has 1 aromatic carbocycles. The van der Waals surface area contributed by atoms with Crippen molar-refractivity contribution in [3.05, 3.63) is 52.3 Å². The summed E-state index contributed by atoms with van der Waals surface area (Å²) < 4.78 is 15.4. The summed E-state index contributed by atoms with van der Waals surface area (Å²) in [7, 11) is 0. The van der Waals surface area contributed by atoms with Crippen LogP contribution in [0, 0.1) is 5.82 Å². The lowest BCUT2D eigenvalue weighted by Gasteiger charge is -2.03. The van der Waals surface area contributed by atoms with Crippen molar-refractivity contribution >= 4 is 17.1 Å². The molecule has 0 saturated heterocycles. The number of hydrogen-bond donors (Lipinski definition) is 1. The molecule has 0 unspecified atom stereocenters. The molecule has 9 heteroatoms. The molecule has 0 atom stereocenters. The van der Waals surface area contributed by atoms with E-state index in [1.54, 1.807) is 12.1 Å². The van der Waals surface area contributed by atoms with E-state index in [1.807, 2.05) is 0 Å². The second-order valence-corrected chi connectivity index (χ2v) is 4.69. The fourth-order valence-corrected chi connectivity index (χ4v) is 2.04. The van der Waals surface area contributed by atoms with Gasteiger partial charge < -0.3 is 5.73 Å². The van der Waals surface area contributed by atoms with Gasteiger partial charge in [0.15, 0.2) is 11.2 Å². The Bertz CT molecular complexity index is 899. The minimum atomic E-state index is -0.651. The third kappa shape index (κ3) is 2.55. The fourth-order valence-electron chi connectivity index (χ4n) is 2.04. The van der Waals surface area contributed by atoms with E-state index in [-0.39, 0.29) is 23.5 Å². The van der Waals surface area contributed by atoms with Gasteiger partial charge in [0.1, 0.15) is 18.7 Å². The topological polar surface area (TPSA) is 109 Å². The predicted octanol–water partition coefficient (Wildman–Crippen LogP) is -0.339. The van der Waals surface area contributed by atoms with E-state index in [2.05, 4.69) is 15.3 Å². The highest BCUT2D eigenvalue weighted by Gasteiger charge is 2.13. The molecule has 2 N–H and O–H groups in total. The summed E-state index contributed by atoms with van der Waals surface area (Å²) in [4.78, 5) is 27.1. The Kier molecular flexibility index (Phi) is 3.37. The van der Waals surface area contributed by atoms with E-state index < -0.39 is 11.5 Å². The zero-order valence-corrected chi connectivity index (χ0v) is 11.3. The van der Waals surface area contributed by atoms with Crippen molar-refractivity contribution in [2.75, 3.05) is 0 Å². The van der Waals surface area contributed by atoms with E-state index in [1.165, 1.54) is 23.1 Å². The molecule has 0 bridgehead atoms. The first-order chi connectivity index (χ1) is 10.5. The molecule has 3 aromatic rings. The molecule has 0 fully saturated rings. The number of nitrogens with two attached hydrogens (primary N) is 1. The highest BCUT2D eigenvalue weighted by atomic mass is 19.1. The maximum Gasteiger partial charge on any atom is 0.283 e. The lowest BCUT2D eigenvalue weighted by molar-refractivity contribution is -0.118. The SMILES string of the molecule is NC(=O)Cn1cnc2c(nnn2Cc2ccc(F)cc2)c1=O. The number of carbonyl (C=O) groups excluding carboxylic acids is 1. The summed E-state index contributed by atoms with van der Waals surface area (Å²) in [6.45, 7) is 0.0235. The van der Waals surface area contributed by atoms with Gasteiger partial charge in [-0.05, 0) is 17.7 Å². The van der Waals surface area contributed by atoms with Crippen LogP contribution in [0.25, 0.3) is 11.2 Å². The summed E-state index contributed by atoms with van der Waals surface area (Å²) in [6, 6.07) is 5.89. The van der Waals surface area contributed by atoms with Crippen molar-refractivity contribution in [3.8, 4) is 0 Å². The van der Waals surface area contributed by atoms with Crippen LogP contribution in [0.2, 0.25) is 0 Å². The maximum absolute atomic E-state index is 12.9. The minimum absolute atomic E-state index is 0.0471. The van der Waals surface area contributed by atoms with Crippen LogP contribution in [0.5, 0.6) is 0 Å². The lowest BCUT2D eigenvalue weighted by Crippen LogP contribution is -2.28. The molecule has 8 nitrogen and oxygen atoms in total. The van der Waals surface area contributed by atoms with Gasteiger partial charge in [0.2, 0.25) is 5.91 Å². The number of rotatable bonds is 4. The van der Waals surface area contributed by atoms with Crippen molar-refractivity contribution in [2.24, 2.45) is 5.73 Å². The predicted molar refractivity (Wildman–Crippen MR) is 74.3 cm³/mol. The fraction of sp³-hybridized carbons (Fsp3) is 0.154. The Hall–Kier alpha value is -3.10. The number of primary amides is 1. The van der Waals surface area contributed by atoms with Crippen LogP contribution in [-0.4, -0.2) is 30.5 Å². The Morgan fingerprint density at radius 2 is 2.00 bits per heavy atom. The Labute approximate surface area is 123 Å². The zero-order chi connectivity index (χ0) is 15.7. The monoisotopic (exact) mass is 302 g/mol. The molecule has 112 valence electrons. The molecule has 0 spiro atoms. The third-order valence-corrected chi connectivity index (χ3v) is 3.06. The first-order valence-electron chi connectivity index (χ1n) is 6.36. The average molecular weight is 302 g/mol. The van der Waals surface area contributed by atoms with Crippen molar-refractivity contribution in [1.29, 1.82) is 0 Å². The smallest absolute Gasteiger partial charge is 0.283 e. The van der Waals surface area contributed by atoms with E-state index in [4.69, 9.17) is 5.73 Å². The van der Waals surface area contributed by atoms with Crippen molar-refractivity contribution in [2.45, 2.75) is 13.1 Å². The second-order valence-electron chi connectivity index (χ2n) is 4.69. The highest BCUT2D eigenvalue weighted by molar-refractivity contribution is 5.74. The average Bonchev–Trinajstić information content (AvgIpc) is 2.88. The van der Waals surface area contributed by atoms with Gasteiger partial charge in [-0.1, -0.05) is 17.3 Å². The van der Waals surface area contributed by atoms with Gasteiger partial charge >= 0.3 is 0 Å². The number of fused-ring (bicyclic) bond motifs is 1. The van der Waals surface area contributed by atoms with Crippen LogP contribution in [0.3, 0.4) is 0 Å². The van der Waals surface area contributed by atoms with Gasteiger partial charge in [0.25, 0.3) is 5.56 Å². The number of halogens is 1. The molecule has 3 rings (SSSR count). The molecule has 0 radical (unpaired) electrons. The lowest BCUT2D eigenvalue weighted by atomic mass is 10.2. The molecular formula is C13H11FN6O2. The molecule has 0 aliphatic rings. The Balaban J connectivity index is 1.99. The van der Waals surface area contributed by atoms with Gasteiger partial charge in [-0.2, -0.15) is 0 Å². The normalized spacial score (nSPS) is 11.0. The minimum Gasteiger partial charge on any atom is -0.368 e. The van der Waals surface area contributed by atoms with Crippen LogP contribution in [0.4, 0.5) is 4.39 Å². The number of aromatic nitrogens is 5. The number of nitrogens with zero attached hydrogens (tertiary/aromatic N) is 5. The summed E-state index contributed by atoms with van der Waals surface area (Å²) in [5.74, 6) is -0.985. The zero-order valence-electron chi connectivity index (χ0n) is 11.3. The summed E-state index contributed by atoms with van der Waals surface area (Å²) in [6.07, 6.45) is 1.22. The molecule has 0 aliphatic heterocycles. The number of amides is 1. The number of benzene rings is 1. The van der Waals surface area contributed by atoms with E-state index in [0.717, 1.165) is 10.1 Å². The summed E-state index contributed by atoms with van der Waals surface area (Å²) >= 11 is 0. The van der Waals surface area contributed by atoms with Crippen LogP contribution in [-0.2, 0) is 17.9 Å². The van der Waals surface area contributed by atoms with E-state index in [9.17, 15) is 14.0 Å². The summed E-state index contributed by atoms with van der Waals surface area (Å²) in [5.41, 5.74) is 5.69. The van der Waals surface area contributed by atoms with Crippen molar-refractivity contribution in [1.82, 2.24) is 24.5 Å². The van der Waals surface area contributed by atoms with Crippen molar-refractivity contribution < 1.29 is 9.18 Å². The molecular weight excluding hydrogens is 291 g/mol. The van der Waals surface area contributed by atoms with Crippen LogP contribution >= 0.6 is 0 Å². The molecule has 1 amide bonds. The van der Waals surface area contributed by atoms with Gasteiger partial charge in [0, 0.05) is 0 Å². The van der Waals surface area contributed by atoms with Crippen LogP contribution in [0.15, 0.2) is 35.4 Å². The van der Waals surface area contributed by atoms with E-state index >= 15 is 0 Å². The first kappa shape index (κ1) is 13.9. The molecule has 22 heavy (non-hydrogen) atoms. The highest BCUT2D eigenvalue weighted by Crippen LogP contribution is 2.08.